The number of carboxylic acids is 1. The average molecular weight is 300 g/mol. The number of hydrogen-bond donors (Lipinski definition) is 2. The molecule has 0 aromatic heterocycles. The minimum absolute atomic E-state index is 0.116. The van der Waals surface area contributed by atoms with Crippen molar-refractivity contribution in [3.8, 4) is 0 Å². The SMILES string of the molecule is COC1CN(CCCC(C)(NC2CC2)C(=O)O)CC1OC. The van der Waals surface area contributed by atoms with Crippen LogP contribution in [0.3, 0.4) is 0 Å². The van der Waals surface area contributed by atoms with Crippen molar-refractivity contribution in [2.75, 3.05) is 33.9 Å². The molecule has 122 valence electrons. The average Bonchev–Trinajstić information content (AvgIpc) is 3.16. The predicted molar refractivity (Wildman–Crippen MR) is 79.5 cm³/mol. The molecule has 0 aromatic rings. The van der Waals surface area contributed by atoms with Gasteiger partial charge in [-0.3, -0.25) is 15.0 Å². The number of methoxy groups -OCH3 is 2. The van der Waals surface area contributed by atoms with Gasteiger partial charge in [0, 0.05) is 33.4 Å². The van der Waals surface area contributed by atoms with E-state index in [1.165, 1.54) is 0 Å². The van der Waals surface area contributed by atoms with Crippen LogP contribution in [0.25, 0.3) is 0 Å². The largest absolute Gasteiger partial charge is 0.480 e. The molecule has 21 heavy (non-hydrogen) atoms. The summed E-state index contributed by atoms with van der Waals surface area (Å²) in [6, 6.07) is 0.397. The minimum atomic E-state index is -0.803. The van der Waals surface area contributed by atoms with Crippen molar-refractivity contribution in [2.24, 2.45) is 0 Å². The zero-order valence-electron chi connectivity index (χ0n) is 13.3. The Hall–Kier alpha value is -0.690. The van der Waals surface area contributed by atoms with Crippen molar-refractivity contribution in [1.29, 1.82) is 0 Å². The second-order valence-corrected chi connectivity index (χ2v) is 6.47. The topological polar surface area (TPSA) is 71.0 Å². The van der Waals surface area contributed by atoms with Crippen LogP contribution in [0.5, 0.6) is 0 Å². The Bertz CT molecular complexity index is 350. The van der Waals surface area contributed by atoms with Crippen LogP contribution in [0.4, 0.5) is 0 Å². The molecule has 2 N–H and O–H groups in total. The van der Waals surface area contributed by atoms with Crippen molar-refractivity contribution in [3.63, 3.8) is 0 Å². The molecule has 6 heteroatoms. The molecule has 3 unspecified atom stereocenters. The summed E-state index contributed by atoms with van der Waals surface area (Å²) in [6.07, 6.45) is 3.93. The lowest BCUT2D eigenvalue weighted by Gasteiger charge is -2.27. The van der Waals surface area contributed by atoms with Gasteiger partial charge in [-0.05, 0) is 39.2 Å². The molecule has 3 atom stereocenters. The third kappa shape index (κ3) is 4.39. The Kier molecular flexibility index (Phi) is 5.60. The van der Waals surface area contributed by atoms with Crippen LogP contribution in [0.1, 0.15) is 32.6 Å². The molecule has 2 rings (SSSR count). The smallest absolute Gasteiger partial charge is 0.323 e. The zero-order chi connectivity index (χ0) is 15.5. The van der Waals surface area contributed by atoms with Gasteiger partial charge in [-0.2, -0.15) is 0 Å². The zero-order valence-corrected chi connectivity index (χ0v) is 13.3. The Morgan fingerprint density at radius 2 is 1.86 bits per heavy atom. The summed E-state index contributed by atoms with van der Waals surface area (Å²) in [5.41, 5.74) is -0.803. The number of nitrogens with zero attached hydrogens (tertiary/aromatic N) is 1. The van der Waals surface area contributed by atoms with Crippen molar-refractivity contribution in [1.82, 2.24) is 10.2 Å². The highest BCUT2D eigenvalue weighted by Gasteiger charge is 2.38. The Morgan fingerprint density at radius 1 is 1.29 bits per heavy atom. The van der Waals surface area contributed by atoms with Crippen LogP contribution in [0, 0.1) is 0 Å². The molecule has 1 aliphatic heterocycles. The summed E-state index contributed by atoms with van der Waals surface area (Å²) < 4.78 is 10.8. The van der Waals surface area contributed by atoms with Crippen molar-refractivity contribution in [2.45, 2.75) is 56.4 Å². The number of likely N-dealkylation sites (tertiary alicyclic amines) is 1. The Balaban J connectivity index is 1.76. The standard InChI is InChI=1S/C15H28N2O4/c1-15(14(18)19,16-11-5-6-11)7-4-8-17-9-12(20-2)13(10-17)21-3/h11-13,16H,4-10H2,1-3H3,(H,18,19). The molecule has 2 aliphatic rings. The molecule has 2 fully saturated rings. The lowest BCUT2D eigenvalue weighted by Crippen LogP contribution is -2.50. The first kappa shape index (κ1) is 16.7. The monoisotopic (exact) mass is 300 g/mol. The minimum Gasteiger partial charge on any atom is -0.480 e. The fourth-order valence-corrected chi connectivity index (χ4v) is 3.03. The van der Waals surface area contributed by atoms with E-state index in [2.05, 4.69) is 10.2 Å². The van der Waals surface area contributed by atoms with Gasteiger partial charge in [-0.25, -0.2) is 0 Å². The third-order valence-electron chi connectivity index (χ3n) is 4.62. The molecule has 1 saturated carbocycles. The van der Waals surface area contributed by atoms with Crippen LogP contribution < -0.4 is 5.32 Å². The first-order chi connectivity index (χ1) is 9.98. The summed E-state index contributed by atoms with van der Waals surface area (Å²) in [7, 11) is 3.42. The quantitative estimate of drug-likeness (QED) is 0.653. The van der Waals surface area contributed by atoms with E-state index in [4.69, 9.17) is 9.47 Å². The van der Waals surface area contributed by atoms with Gasteiger partial charge in [-0.15, -0.1) is 0 Å². The number of nitrogens with one attached hydrogen (secondary N) is 1. The van der Waals surface area contributed by atoms with Crippen molar-refractivity contribution in [3.05, 3.63) is 0 Å². The van der Waals surface area contributed by atoms with Crippen LogP contribution >= 0.6 is 0 Å². The summed E-state index contributed by atoms with van der Waals surface area (Å²) in [5.74, 6) is -0.750. The molecule has 0 radical (unpaired) electrons. The van der Waals surface area contributed by atoms with Crippen LogP contribution in [-0.2, 0) is 14.3 Å². The van der Waals surface area contributed by atoms with Gasteiger partial charge < -0.3 is 14.6 Å². The second-order valence-electron chi connectivity index (χ2n) is 6.47. The molecule has 1 heterocycles. The van der Waals surface area contributed by atoms with Gasteiger partial charge in [0.25, 0.3) is 0 Å². The highest BCUT2D eigenvalue weighted by atomic mass is 16.5. The Morgan fingerprint density at radius 3 is 2.29 bits per heavy atom. The maximum Gasteiger partial charge on any atom is 0.323 e. The second kappa shape index (κ2) is 7.05. The van der Waals surface area contributed by atoms with E-state index in [-0.39, 0.29) is 12.2 Å². The van der Waals surface area contributed by atoms with E-state index in [1.807, 2.05) is 0 Å². The Labute approximate surface area is 126 Å². The molecule has 0 spiro atoms. The van der Waals surface area contributed by atoms with Gasteiger partial charge in [0.15, 0.2) is 0 Å². The maximum atomic E-state index is 11.5. The van der Waals surface area contributed by atoms with E-state index >= 15 is 0 Å². The first-order valence-electron chi connectivity index (χ1n) is 7.77. The number of hydrogen-bond acceptors (Lipinski definition) is 5. The highest BCUT2D eigenvalue weighted by molar-refractivity contribution is 5.78. The normalized spacial score (nSPS) is 29.5. The van der Waals surface area contributed by atoms with Gasteiger partial charge in [-0.1, -0.05) is 0 Å². The lowest BCUT2D eigenvalue weighted by molar-refractivity contribution is -0.144. The van der Waals surface area contributed by atoms with E-state index in [9.17, 15) is 9.90 Å². The van der Waals surface area contributed by atoms with E-state index in [0.29, 0.717) is 12.5 Å². The molecular weight excluding hydrogens is 272 g/mol. The van der Waals surface area contributed by atoms with E-state index in [0.717, 1.165) is 38.9 Å². The van der Waals surface area contributed by atoms with Crippen molar-refractivity contribution >= 4 is 5.97 Å². The maximum absolute atomic E-state index is 11.5. The summed E-state index contributed by atoms with van der Waals surface area (Å²) in [5, 5.41) is 12.7. The number of carbonyl (C=O) groups is 1. The molecule has 1 saturated heterocycles. The number of carboxylic acid groups (broad SMARTS) is 1. The summed E-state index contributed by atoms with van der Waals surface area (Å²) in [4.78, 5) is 13.8. The summed E-state index contributed by atoms with van der Waals surface area (Å²) in [6.45, 7) is 4.40. The fourth-order valence-electron chi connectivity index (χ4n) is 3.03. The van der Waals surface area contributed by atoms with Gasteiger partial charge in [0.1, 0.15) is 5.54 Å². The number of ether oxygens (including phenoxy) is 2. The summed E-state index contributed by atoms with van der Waals surface area (Å²) >= 11 is 0. The number of rotatable bonds is 9. The molecule has 0 bridgehead atoms. The van der Waals surface area contributed by atoms with E-state index in [1.54, 1.807) is 21.1 Å². The number of aliphatic carboxylic acids is 1. The third-order valence-corrected chi connectivity index (χ3v) is 4.62. The first-order valence-corrected chi connectivity index (χ1v) is 7.77. The van der Waals surface area contributed by atoms with Crippen LogP contribution in [-0.4, -0.2) is 73.6 Å². The molecule has 6 nitrogen and oxygen atoms in total. The van der Waals surface area contributed by atoms with Gasteiger partial charge in [0.2, 0.25) is 0 Å². The van der Waals surface area contributed by atoms with Crippen LogP contribution in [0.2, 0.25) is 0 Å². The van der Waals surface area contributed by atoms with Crippen LogP contribution in [0.15, 0.2) is 0 Å². The molecular formula is C15H28N2O4. The highest BCUT2D eigenvalue weighted by Crippen LogP contribution is 2.25. The van der Waals surface area contributed by atoms with E-state index < -0.39 is 11.5 Å². The molecule has 1 aliphatic carbocycles. The van der Waals surface area contributed by atoms with Crippen molar-refractivity contribution < 1.29 is 19.4 Å². The lowest BCUT2D eigenvalue weighted by atomic mass is 9.95. The van der Waals surface area contributed by atoms with Gasteiger partial charge >= 0.3 is 5.97 Å². The molecule has 0 aromatic carbocycles. The predicted octanol–water partition coefficient (Wildman–Crippen LogP) is 0.708. The molecule has 0 amide bonds. The van der Waals surface area contributed by atoms with Gasteiger partial charge in [0.05, 0.1) is 12.2 Å². The fraction of sp³-hybridized carbons (Fsp3) is 0.933.